The number of amides is 2. The fourth-order valence-electron chi connectivity index (χ4n) is 3.97. The molecular weight excluding hydrogens is 489 g/mol. The van der Waals surface area contributed by atoms with Crippen LogP contribution in [0.2, 0.25) is 0 Å². The van der Waals surface area contributed by atoms with Crippen LogP contribution in [0.5, 0.6) is 0 Å². The highest BCUT2D eigenvalue weighted by molar-refractivity contribution is 7.89. The third-order valence-electron chi connectivity index (χ3n) is 5.74. The van der Waals surface area contributed by atoms with Crippen molar-refractivity contribution in [3.63, 3.8) is 0 Å². The van der Waals surface area contributed by atoms with Gasteiger partial charge >= 0.3 is 21.6 Å². The number of carbonyl (C=O) groups excluding carboxylic acids is 1. The van der Waals surface area contributed by atoms with Gasteiger partial charge in [-0.3, -0.25) is 0 Å². The van der Waals surface area contributed by atoms with Crippen LogP contribution in [0.4, 0.5) is 29.5 Å². The van der Waals surface area contributed by atoms with E-state index in [0.29, 0.717) is 53.2 Å². The number of morpholine rings is 1. The molecule has 1 atom stereocenters. The van der Waals surface area contributed by atoms with Gasteiger partial charge in [-0.15, -0.1) is 0 Å². The van der Waals surface area contributed by atoms with Crippen LogP contribution in [-0.2, 0) is 27.8 Å². The number of nitrogens with zero attached hydrogens (tertiary/aromatic N) is 4. The van der Waals surface area contributed by atoms with Gasteiger partial charge in [-0.05, 0) is 38.1 Å². The van der Waals surface area contributed by atoms with Gasteiger partial charge in [0, 0.05) is 36.4 Å². The number of rotatable bonds is 5. The third-order valence-corrected chi connectivity index (χ3v) is 7.26. The Labute approximate surface area is 200 Å². The predicted octanol–water partition coefficient (Wildman–Crippen LogP) is 2.68. The van der Waals surface area contributed by atoms with Crippen molar-refractivity contribution < 1.29 is 31.1 Å². The molecule has 1 aromatic heterocycles. The minimum atomic E-state index is -5.53. The molecule has 2 amide bonds. The van der Waals surface area contributed by atoms with E-state index in [1.165, 1.54) is 0 Å². The van der Waals surface area contributed by atoms with Crippen LogP contribution in [0.3, 0.4) is 0 Å². The topological polar surface area (TPSA) is 117 Å². The normalized spacial score (nSPS) is 18.9. The summed E-state index contributed by atoms with van der Waals surface area (Å²) in [5, 5.41) is 5.29. The standard InChI is InChI=1S/C21H25F3N6O4S/c1-3-25-20(31)26-15-6-4-14(5-7-15)18-27-17-11-29(35(32,33)21(22,23)24)10-16(17)19(28-18)30-8-9-34-12-13(30)2/h4-7,13H,3,8-12H2,1-2H3,(H2,25,26,31)/t13-/m0/s1. The minimum absolute atomic E-state index is 0.118. The van der Waals surface area contributed by atoms with Crippen molar-refractivity contribution in [1.29, 1.82) is 0 Å². The summed E-state index contributed by atoms with van der Waals surface area (Å²) in [4.78, 5) is 22.7. The average molecular weight is 515 g/mol. The summed E-state index contributed by atoms with van der Waals surface area (Å²) in [5.74, 6) is 0.637. The molecule has 2 aromatic rings. The number of sulfonamides is 1. The van der Waals surface area contributed by atoms with Gasteiger partial charge in [0.1, 0.15) is 5.82 Å². The van der Waals surface area contributed by atoms with Crippen LogP contribution in [0.15, 0.2) is 24.3 Å². The molecule has 190 valence electrons. The van der Waals surface area contributed by atoms with Crippen molar-refractivity contribution >= 4 is 27.6 Å². The van der Waals surface area contributed by atoms with Crippen LogP contribution >= 0.6 is 0 Å². The smallest absolute Gasteiger partial charge is 0.377 e. The van der Waals surface area contributed by atoms with Crippen molar-refractivity contribution in [2.75, 3.05) is 36.5 Å². The van der Waals surface area contributed by atoms with Crippen LogP contribution in [0, 0.1) is 0 Å². The van der Waals surface area contributed by atoms with Gasteiger partial charge < -0.3 is 20.3 Å². The first kappa shape index (κ1) is 25.1. The number of benzene rings is 1. The van der Waals surface area contributed by atoms with Crippen molar-refractivity contribution in [2.45, 2.75) is 38.5 Å². The van der Waals surface area contributed by atoms with E-state index in [9.17, 15) is 26.4 Å². The van der Waals surface area contributed by atoms with E-state index in [-0.39, 0.29) is 23.6 Å². The highest BCUT2D eigenvalue weighted by Crippen LogP contribution is 2.38. The summed E-state index contributed by atoms with van der Waals surface area (Å²) in [6, 6.07) is 6.18. The maximum atomic E-state index is 13.2. The number of nitrogens with one attached hydrogen (secondary N) is 2. The first-order valence-corrected chi connectivity index (χ1v) is 12.4. The lowest BCUT2D eigenvalue weighted by atomic mass is 10.1. The van der Waals surface area contributed by atoms with Crippen molar-refractivity contribution in [2.24, 2.45) is 0 Å². The number of carbonyl (C=O) groups is 1. The molecule has 35 heavy (non-hydrogen) atoms. The fraction of sp³-hybridized carbons (Fsp3) is 0.476. The molecule has 1 fully saturated rings. The number of aromatic nitrogens is 2. The number of fused-ring (bicyclic) bond motifs is 1. The summed E-state index contributed by atoms with van der Waals surface area (Å²) < 4.78 is 69.7. The fourth-order valence-corrected chi connectivity index (χ4v) is 4.86. The van der Waals surface area contributed by atoms with Gasteiger partial charge in [-0.2, -0.15) is 17.5 Å². The number of ether oxygens (including phenoxy) is 1. The summed E-state index contributed by atoms with van der Waals surface area (Å²) in [6.07, 6.45) is 0. The molecule has 14 heteroatoms. The van der Waals surface area contributed by atoms with E-state index >= 15 is 0 Å². The van der Waals surface area contributed by atoms with E-state index in [4.69, 9.17) is 4.74 Å². The first-order chi connectivity index (χ1) is 16.5. The Bertz CT molecular complexity index is 1210. The number of halogens is 3. The Morgan fingerprint density at radius 2 is 1.91 bits per heavy atom. The molecule has 0 unspecified atom stereocenters. The van der Waals surface area contributed by atoms with E-state index in [0.717, 1.165) is 0 Å². The molecule has 4 rings (SSSR count). The summed E-state index contributed by atoms with van der Waals surface area (Å²) in [6.45, 7) is 4.45. The second-order valence-corrected chi connectivity index (χ2v) is 10.1. The van der Waals surface area contributed by atoms with Crippen LogP contribution in [0.1, 0.15) is 25.1 Å². The second-order valence-electron chi connectivity index (χ2n) is 8.19. The van der Waals surface area contributed by atoms with Gasteiger partial charge in [0.2, 0.25) is 0 Å². The number of hydrogen-bond donors (Lipinski definition) is 2. The lowest BCUT2D eigenvalue weighted by Crippen LogP contribution is -2.44. The Morgan fingerprint density at radius 1 is 1.20 bits per heavy atom. The van der Waals surface area contributed by atoms with Crippen LogP contribution in [0.25, 0.3) is 11.4 Å². The number of alkyl halides is 3. The summed E-state index contributed by atoms with van der Waals surface area (Å²) in [7, 11) is -5.53. The Morgan fingerprint density at radius 3 is 2.54 bits per heavy atom. The highest BCUT2D eigenvalue weighted by Gasteiger charge is 2.52. The second kappa shape index (κ2) is 9.59. The van der Waals surface area contributed by atoms with Crippen molar-refractivity contribution in [3.8, 4) is 11.4 Å². The quantitative estimate of drug-likeness (QED) is 0.630. The van der Waals surface area contributed by atoms with Gasteiger partial charge in [0.25, 0.3) is 0 Å². The monoisotopic (exact) mass is 514 g/mol. The van der Waals surface area contributed by atoms with E-state index < -0.39 is 28.6 Å². The van der Waals surface area contributed by atoms with E-state index in [1.807, 2.05) is 11.8 Å². The van der Waals surface area contributed by atoms with Crippen LogP contribution < -0.4 is 15.5 Å². The number of anilines is 2. The molecule has 1 aromatic carbocycles. The largest absolute Gasteiger partial charge is 0.511 e. The molecule has 2 aliphatic rings. The maximum absolute atomic E-state index is 13.2. The zero-order valence-electron chi connectivity index (χ0n) is 19.1. The summed E-state index contributed by atoms with van der Waals surface area (Å²) in [5.41, 5.74) is -3.74. The lowest BCUT2D eigenvalue weighted by molar-refractivity contribution is -0.0490. The zero-order valence-corrected chi connectivity index (χ0v) is 19.9. The average Bonchev–Trinajstić information content (AvgIpc) is 3.24. The molecule has 2 aliphatic heterocycles. The highest BCUT2D eigenvalue weighted by atomic mass is 32.2. The molecular formula is C21H25F3N6O4S. The Kier molecular flexibility index (Phi) is 6.88. The molecule has 0 aliphatic carbocycles. The number of hydrogen-bond acceptors (Lipinski definition) is 7. The predicted molar refractivity (Wildman–Crippen MR) is 122 cm³/mol. The molecule has 0 radical (unpaired) electrons. The molecule has 1 saturated heterocycles. The molecule has 2 N–H and O–H groups in total. The molecule has 0 saturated carbocycles. The van der Waals surface area contributed by atoms with Gasteiger partial charge in [-0.1, -0.05) is 0 Å². The molecule has 0 spiro atoms. The third kappa shape index (κ3) is 5.04. The van der Waals surface area contributed by atoms with Gasteiger partial charge in [0.05, 0.1) is 31.5 Å². The molecule has 3 heterocycles. The van der Waals surface area contributed by atoms with E-state index in [2.05, 4.69) is 20.6 Å². The maximum Gasteiger partial charge on any atom is 0.511 e. The molecule has 10 nitrogen and oxygen atoms in total. The SMILES string of the molecule is CCNC(=O)Nc1ccc(-c2nc3c(c(N4CCOC[C@@H]4C)n2)CN(S(=O)(=O)C(F)(F)F)C3)cc1. The zero-order chi connectivity index (χ0) is 25.4. The summed E-state index contributed by atoms with van der Waals surface area (Å²) >= 11 is 0. The van der Waals surface area contributed by atoms with Crippen LogP contribution in [-0.4, -0.2) is 66.6 Å². The Balaban J connectivity index is 1.71. The van der Waals surface area contributed by atoms with Crippen molar-refractivity contribution in [1.82, 2.24) is 19.6 Å². The minimum Gasteiger partial charge on any atom is -0.377 e. The molecule has 0 bridgehead atoms. The van der Waals surface area contributed by atoms with E-state index in [1.54, 1.807) is 31.2 Å². The van der Waals surface area contributed by atoms with Crippen molar-refractivity contribution in [3.05, 3.63) is 35.5 Å². The van der Waals surface area contributed by atoms with Gasteiger partial charge in [-0.25, -0.2) is 23.2 Å². The lowest BCUT2D eigenvalue weighted by Gasteiger charge is -2.35. The Hall–Kier alpha value is -2.97. The first-order valence-electron chi connectivity index (χ1n) is 11.0. The number of urea groups is 1. The van der Waals surface area contributed by atoms with Gasteiger partial charge in [0.15, 0.2) is 5.82 Å².